The number of rotatable bonds is 2. The Morgan fingerprint density at radius 1 is 1.12 bits per heavy atom. The number of fused-ring (bicyclic) bond motifs is 4. The number of hydrogen-bond acceptors (Lipinski definition) is 5. The second kappa shape index (κ2) is 5.84. The van der Waals surface area contributed by atoms with Crippen LogP contribution < -0.4 is 15.6 Å². The van der Waals surface area contributed by atoms with Crippen LogP contribution in [0.2, 0.25) is 0 Å². The molecule has 0 atom stereocenters. The summed E-state index contributed by atoms with van der Waals surface area (Å²) in [4.78, 5) is 31.2. The minimum absolute atomic E-state index is 0.121. The van der Waals surface area contributed by atoms with Crippen LogP contribution in [-0.2, 0) is 4.79 Å². The molecule has 0 spiro atoms. The minimum atomic E-state index is -0.337. The average Bonchev–Trinajstić information content (AvgIpc) is 2.63. The van der Waals surface area contributed by atoms with Crippen molar-refractivity contribution in [1.29, 1.82) is 0 Å². The smallest absolute Gasteiger partial charge is 0.221 e. The van der Waals surface area contributed by atoms with E-state index in [1.165, 1.54) is 6.92 Å². The van der Waals surface area contributed by atoms with Gasteiger partial charge in [-0.3, -0.25) is 9.59 Å². The number of hydrogen-bond donors (Lipinski definition) is 1. The summed E-state index contributed by atoms with van der Waals surface area (Å²) in [6.07, 6.45) is 0. The van der Waals surface area contributed by atoms with E-state index in [0.29, 0.717) is 27.6 Å². The van der Waals surface area contributed by atoms with Crippen LogP contribution in [0.15, 0.2) is 51.7 Å². The molecule has 0 fully saturated rings. The predicted molar refractivity (Wildman–Crippen MR) is 103 cm³/mol. The van der Waals surface area contributed by atoms with E-state index in [2.05, 4.69) is 5.32 Å². The SMILES string of the molecule is CC(=O)Nc1c2oc3cc(N(C)C)ccc3nc-2c2ccccc2c1=O. The first-order valence-electron chi connectivity index (χ1n) is 8.20. The zero-order valence-corrected chi connectivity index (χ0v) is 14.7. The van der Waals surface area contributed by atoms with E-state index in [9.17, 15) is 9.59 Å². The molecule has 6 heteroatoms. The number of carbonyl (C=O) groups is 1. The standard InChI is InChI=1S/C20H17N3O3/c1-11(24)21-18-19(25)14-7-5-4-6-13(14)17-20(18)26-16-10-12(23(2)3)8-9-15(16)22-17/h4-10H,1-3H3,(H,21,24). The highest BCUT2D eigenvalue weighted by Gasteiger charge is 2.23. The Labute approximate surface area is 149 Å². The van der Waals surface area contributed by atoms with Crippen molar-refractivity contribution in [2.45, 2.75) is 6.92 Å². The Morgan fingerprint density at radius 3 is 2.54 bits per heavy atom. The fourth-order valence-electron chi connectivity index (χ4n) is 3.05. The van der Waals surface area contributed by atoms with Crippen molar-refractivity contribution in [1.82, 2.24) is 4.98 Å². The van der Waals surface area contributed by atoms with Gasteiger partial charge in [0.15, 0.2) is 11.3 Å². The third kappa shape index (κ3) is 2.47. The Balaban J connectivity index is 2.16. The zero-order valence-electron chi connectivity index (χ0n) is 14.7. The lowest BCUT2D eigenvalue weighted by Crippen LogP contribution is -2.18. The second-order valence-electron chi connectivity index (χ2n) is 6.37. The van der Waals surface area contributed by atoms with Crippen LogP contribution in [0.1, 0.15) is 6.92 Å². The van der Waals surface area contributed by atoms with Crippen molar-refractivity contribution in [2.75, 3.05) is 24.3 Å². The molecule has 1 aliphatic carbocycles. The van der Waals surface area contributed by atoms with Gasteiger partial charge in [-0.05, 0) is 12.1 Å². The second-order valence-corrected chi connectivity index (χ2v) is 6.37. The van der Waals surface area contributed by atoms with Crippen LogP contribution in [0, 0.1) is 0 Å². The number of benzene rings is 3. The highest BCUT2D eigenvalue weighted by Crippen LogP contribution is 2.35. The van der Waals surface area contributed by atoms with Gasteiger partial charge in [0, 0.05) is 43.5 Å². The van der Waals surface area contributed by atoms with Crippen LogP contribution in [-0.4, -0.2) is 25.0 Å². The molecule has 1 amide bonds. The van der Waals surface area contributed by atoms with Crippen LogP contribution in [0.3, 0.4) is 0 Å². The van der Waals surface area contributed by atoms with E-state index in [4.69, 9.17) is 9.40 Å². The molecule has 0 aromatic heterocycles. The fraction of sp³-hybridized carbons (Fsp3) is 0.150. The number of aromatic nitrogens is 1. The molecule has 0 radical (unpaired) electrons. The van der Waals surface area contributed by atoms with Gasteiger partial charge in [0.1, 0.15) is 16.9 Å². The summed E-state index contributed by atoms with van der Waals surface area (Å²) in [6.45, 7) is 1.36. The van der Waals surface area contributed by atoms with Gasteiger partial charge >= 0.3 is 0 Å². The van der Waals surface area contributed by atoms with Crippen molar-refractivity contribution in [3.63, 3.8) is 0 Å². The lowest BCUT2D eigenvalue weighted by Gasteiger charge is -2.16. The third-order valence-electron chi connectivity index (χ3n) is 4.30. The fourth-order valence-corrected chi connectivity index (χ4v) is 3.05. The molecule has 0 bridgehead atoms. The van der Waals surface area contributed by atoms with E-state index < -0.39 is 0 Å². The lowest BCUT2D eigenvalue weighted by atomic mass is 10.0. The van der Waals surface area contributed by atoms with Gasteiger partial charge in [0.2, 0.25) is 11.3 Å². The molecule has 0 saturated heterocycles. The van der Waals surface area contributed by atoms with Crippen LogP contribution in [0.5, 0.6) is 0 Å². The van der Waals surface area contributed by atoms with Crippen molar-refractivity contribution < 1.29 is 9.21 Å². The molecule has 2 aromatic rings. The quantitative estimate of drug-likeness (QED) is 0.444. The van der Waals surface area contributed by atoms with Gasteiger partial charge in [-0.25, -0.2) is 4.98 Å². The molecular formula is C20H17N3O3. The first-order chi connectivity index (χ1) is 12.5. The van der Waals surface area contributed by atoms with Gasteiger partial charge in [-0.2, -0.15) is 0 Å². The molecule has 1 heterocycles. The summed E-state index contributed by atoms with van der Waals surface area (Å²) in [5.41, 5.74) is 2.57. The molecular weight excluding hydrogens is 330 g/mol. The lowest BCUT2D eigenvalue weighted by molar-refractivity contribution is -0.114. The molecule has 2 aromatic carbocycles. The average molecular weight is 347 g/mol. The summed E-state index contributed by atoms with van der Waals surface area (Å²) in [6, 6.07) is 12.9. The van der Waals surface area contributed by atoms with E-state index in [1.807, 2.05) is 49.3 Å². The zero-order chi connectivity index (χ0) is 18.4. The number of anilines is 2. The Bertz CT molecular complexity index is 1190. The molecule has 1 aliphatic heterocycles. The van der Waals surface area contributed by atoms with Gasteiger partial charge in [-0.15, -0.1) is 0 Å². The van der Waals surface area contributed by atoms with Crippen LogP contribution in [0.25, 0.3) is 33.3 Å². The normalized spacial score (nSPS) is 11.2. The van der Waals surface area contributed by atoms with E-state index >= 15 is 0 Å². The molecule has 0 saturated carbocycles. The molecule has 2 aliphatic rings. The van der Waals surface area contributed by atoms with Gasteiger partial charge in [-0.1, -0.05) is 24.3 Å². The molecule has 0 unspecified atom stereocenters. The van der Waals surface area contributed by atoms with E-state index in [1.54, 1.807) is 12.1 Å². The Kier molecular flexibility index (Phi) is 3.61. The predicted octanol–water partition coefficient (Wildman–Crippen LogP) is 3.47. The van der Waals surface area contributed by atoms with Crippen molar-refractivity contribution in [3.05, 3.63) is 52.7 Å². The number of amides is 1. The van der Waals surface area contributed by atoms with Crippen molar-refractivity contribution in [2.24, 2.45) is 0 Å². The maximum atomic E-state index is 12.9. The largest absolute Gasteiger partial charge is 0.450 e. The number of nitrogens with zero attached hydrogens (tertiary/aromatic N) is 2. The first kappa shape index (κ1) is 16.1. The number of carbonyl (C=O) groups excluding carboxylic acids is 1. The summed E-state index contributed by atoms with van der Waals surface area (Å²) in [5, 5.41) is 3.81. The molecule has 1 N–H and O–H groups in total. The van der Waals surface area contributed by atoms with Gasteiger partial charge < -0.3 is 14.6 Å². The maximum Gasteiger partial charge on any atom is 0.221 e. The summed E-state index contributed by atoms with van der Waals surface area (Å²) in [7, 11) is 3.86. The highest BCUT2D eigenvalue weighted by atomic mass is 16.3. The third-order valence-corrected chi connectivity index (χ3v) is 4.30. The van der Waals surface area contributed by atoms with Gasteiger partial charge in [0.25, 0.3) is 0 Å². The molecule has 130 valence electrons. The molecule has 6 nitrogen and oxygen atoms in total. The van der Waals surface area contributed by atoms with E-state index in [0.717, 1.165) is 5.69 Å². The summed E-state index contributed by atoms with van der Waals surface area (Å²) < 4.78 is 6.05. The van der Waals surface area contributed by atoms with Crippen molar-refractivity contribution in [3.8, 4) is 11.5 Å². The van der Waals surface area contributed by atoms with Gasteiger partial charge in [0.05, 0.1) is 0 Å². The number of nitrogens with one attached hydrogen (secondary N) is 1. The Morgan fingerprint density at radius 2 is 1.85 bits per heavy atom. The molecule has 26 heavy (non-hydrogen) atoms. The monoisotopic (exact) mass is 347 g/mol. The Hall–Kier alpha value is -3.41. The maximum absolute atomic E-state index is 12.9. The summed E-state index contributed by atoms with van der Waals surface area (Å²) >= 11 is 0. The van der Waals surface area contributed by atoms with E-state index in [-0.39, 0.29) is 22.8 Å². The molecule has 4 rings (SSSR count). The summed E-state index contributed by atoms with van der Waals surface area (Å²) in [5.74, 6) is -0.0525. The topological polar surface area (TPSA) is 75.4 Å². The highest BCUT2D eigenvalue weighted by molar-refractivity contribution is 6.04. The first-order valence-corrected chi connectivity index (χ1v) is 8.20. The van der Waals surface area contributed by atoms with Crippen LogP contribution >= 0.6 is 0 Å². The minimum Gasteiger partial charge on any atom is -0.450 e. The van der Waals surface area contributed by atoms with Crippen LogP contribution in [0.4, 0.5) is 11.4 Å². The van der Waals surface area contributed by atoms with Crippen molar-refractivity contribution >= 4 is 39.2 Å².